The average molecular weight is 643 g/mol. The summed E-state index contributed by atoms with van der Waals surface area (Å²) in [6.07, 6.45) is 10.1. The molecule has 11 heteroatoms. The summed E-state index contributed by atoms with van der Waals surface area (Å²) in [6.45, 7) is 2.14. The quantitative estimate of drug-likeness (QED) is 0.228. The lowest BCUT2D eigenvalue weighted by Gasteiger charge is -2.27. The Bertz CT molecular complexity index is 2190. The van der Waals surface area contributed by atoms with Crippen molar-refractivity contribution in [3.05, 3.63) is 84.3 Å². The van der Waals surface area contributed by atoms with Crippen molar-refractivity contribution >= 4 is 27.8 Å². The molecule has 2 bridgehead atoms. The van der Waals surface area contributed by atoms with E-state index in [1.54, 1.807) is 20.4 Å². The normalized spacial score (nSPS) is 20.3. The first-order chi connectivity index (χ1) is 23.5. The number of nitrogens with zero attached hydrogens (tertiary/aromatic N) is 7. The molecule has 2 aliphatic carbocycles. The van der Waals surface area contributed by atoms with E-state index in [9.17, 15) is 4.79 Å². The predicted octanol–water partition coefficient (Wildman–Crippen LogP) is 5.28. The van der Waals surface area contributed by atoms with Crippen LogP contribution in [0.3, 0.4) is 0 Å². The maximum Gasteiger partial charge on any atom is 0.254 e. The second-order valence-corrected chi connectivity index (χ2v) is 13.5. The van der Waals surface area contributed by atoms with Gasteiger partial charge in [0, 0.05) is 65.7 Å². The third-order valence-corrected chi connectivity index (χ3v) is 10.5. The van der Waals surface area contributed by atoms with Crippen LogP contribution in [0.2, 0.25) is 0 Å². The number of para-hydroxylation sites is 1. The number of likely N-dealkylation sites (tertiary alicyclic amines) is 1. The van der Waals surface area contributed by atoms with Crippen LogP contribution >= 0.6 is 0 Å². The van der Waals surface area contributed by atoms with Crippen LogP contribution in [0.1, 0.15) is 41.6 Å². The zero-order chi connectivity index (χ0) is 32.5. The summed E-state index contributed by atoms with van der Waals surface area (Å²) >= 11 is 0. The summed E-state index contributed by atoms with van der Waals surface area (Å²) in [4.78, 5) is 25.5. The first-order valence-electron chi connectivity index (χ1n) is 16.8. The van der Waals surface area contributed by atoms with Crippen molar-refractivity contribution in [3.63, 3.8) is 0 Å². The van der Waals surface area contributed by atoms with E-state index >= 15 is 0 Å². The molecule has 5 heterocycles. The van der Waals surface area contributed by atoms with Gasteiger partial charge in [-0.15, -0.1) is 0 Å². The minimum Gasteiger partial charge on any atom is -0.494 e. The van der Waals surface area contributed by atoms with Crippen LogP contribution in [0.15, 0.2) is 73.2 Å². The number of nitrogens with two attached hydrogens (primary N) is 1. The summed E-state index contributed by atoms with van der Waals surface area (Å²) in [7, 11) is 3.26. The van der Waals surface area contributed by atoms with Gasteiger partial charge >= 0.3 is 0 Å². The van der Waals surface area contributed by atoms with Gasteiger partial charge in [-0.05, 0) is 67.9 Å². The van der Waals surface area contributed by atoms with Crippen molar-refractivity contribution in [2.24, 2.45) is 17.6 Å². The highest BCUT2D eigenvalue weighted by Gasteiger charge is 2.47. The number of piperidine rings is 1. The van der Waals surface area contributed by atoms with E-state index in [-0.39, 0.29) is 18.0 Å². The van der Waals surface area contributed by atoms with Crippen LogP contribution in [0, 0.1) is 11.8 Å². The third kappa shape index (κ3) is 4.75. The number of hydrogen-bond acceptors (Lipinski definition) is 7. The SMILES string of the molecule is COc1cc(-n2cc(Cn3c(-c4cc5ccccc5n4CC4CC4)nc4cc(C(=O)N5CC6CCC5[C@@H]6N)cc(OC)c43)cn2)ccn1. The molecule has 9 rings (SSSR count). The number of benzene rings is 2. The molecule has 244 valence electrons. The first-order valence-corrected chi connectivity index (χ1v) is 16.8. The number of carbonyl (C=O) groups excluding carboxylic acids is 1. The van der Waals surface area contributed by atoms with Gasteiger partial charge in [-0.2, -0.15) is 5.10 Å². The number of hydrogen-bond donors (Lipinski definition) is 1. The molecule has 4 aromatic heterocycles. The lowest BCUT2D eigenvalue weighted by molar-refractivity contribution is 0.0700. The number of rotatable bonds is 9. The van der Waals surface area contributed by atoms with Crippen molar-refractivity contribution < 1.29 is 14.3 Å². The number of carbonyl (C=O) groups is 1. The zero-order valence-corrected chi connectivity index (χ0v) is 27.1. The highest BCUT2D eigenvalue weighted by atomic mass is 16.5. The fourth-order valence-corrected chi connectivity index (χ4v) is 7.88. The Morgan fingerprint density at radius 3 is 2.65 bits per heavy atom. The lowest BCUT2D eigenvalue weighted by Crippen LogP contribution is -2.41. The fourth-order valence-electron chi connectivity index (χ4n) is 7.88. The van der Waals surface area contributed by atoms with E-state index in [1.165, 1.54) is 23.7 Å². The Balaban J connectivity index is 1.19. The summed E-state index contributed by atoms with van der Waals surface area (Å²) in [5.41, 5.74) is 12.7. The molecule has 0 radical (unpaired) electrons. The van der Waals surface area contributed by atoms with Crippen molar-refractivity contribution in [2.75, 3.05) is 20.8 Å². The van der Waals surface area contributed by atoms with Crippen LogP contribution < -0.4 is 15.2 Å². The molecule has 3 fully saturated rings. The Hall–Kier alpha value is -5.16. The fraction of sp³-hybridized carbons (Fsp3) is 0.351. The number of fused-ring (bicyclic) bond motifs is 4. The maximum absolute atomic E-state index is 14.0. The molecule has 6 aromatic rings. The summed E-state index contributed by atoms with van der Waals surface area (Å²) < 4.78 is 17.8. The molecule has 3 atom stereocenters. The van der Waals surface area contributed by atoms with Crippen LogP contribution in [-0.4, -0.2) is 72.5 Å². The van der Waals surface area contributed by atoms with Gasteiger partial charge in [0.15, 0.2) is 5.82 Å². The van der Waals surface area contributed by atoms with E-state index < -0.39 is 0 Å². The predicted molar refractivity (Wildman–Crippen MR) is 182 cm³/mol. The van der Waals surface area contributed by atoms with Crippen LogP contribution in [-0.2, 0) is 13.1 Å². The van der Waals surface area contributed by atoms with Gasteiger partial charge < -0.3 is 29.2 Å². The Labute approximate surface area is 277 Å². The molecule has 2 saturated carbocycles. The van der Waals surface area contributed by atoms with E-state index in [0.717, 1.165) is 53.2 Å². The van der Waals surface area contributed by atoms with Crippen molar-refractivity contribution in [3.8, 4) is 28.8 Å². The highest BCUT2D eigenvalue weighted by Crippen LogP contribution is 2.41. The number of ether oxygens (including phenoxy) is 2. The smallest absolute Gasteiger partial charge is 0.254 e. The number of imidazole rings is 1. The van der Waals surface area contributed by atoms with Gasteiger partial charge in [-0.1, -0.05) is 18.2 Å². The Kier molecular flexibility index (Phi) is 6.79. The summed E-state index contributed by atoms with van der Waals surface area (Å²) in [5.74, 6) is 2.98. The van der Waals surface area contributed by atoms with E-state index in [4.69, 9.17) is 20.2 Å². The summed E-state index contributed by atoms with van der Waals surface area (Å²) in [5, 5.41) is 5.85. The van der Waals surface area contributed by atoms with Gasteiger partial charge in [0.2, 0.25) is 5.88 Å². The molecule has 2 aromatic carbocycles. The maximum atomic E-state index is 14.0. The second kappa shape index (κ2) is 11.2. The molecular formula is C37H38N8O3. The second-order valence-electron chi connectivity index (χ2n) is 13.5. The Morgan fingerprint density at radius 1 is 1.00 bits per heavy atom. The van der Waals surface area contributed by atoms with Crippen LogP contribution in [0.4, 0.5) is 0 Å². The van der Waals surface area contributed by atoms with Gasteiger partial charge in [-0.3, -0.25) is 4.79 Å². The van der Waals surface area contributed by atoms with Gasteiger partial charge in [-0.25, -0.2) is 14.6 Å². The van der Waals surface area contributed by atoms with Gasteiger partial charge in [0.25, 0.3) is 5.91 Å². The molecule has 48 heavy (non-hydrogen) atoms. The molecular weight excluding hydrogens is 604 g/mol. The van der Waals surface area contributed by atoms with Crippen molar-refractivity contribution in [2.45, 2.75) is 50.9 Å². The minimum atomic E-state index is -0.00847. The molecule has 1 amide bonds. The number of amides is 1. The van der Waals surface area contributed by atoms with Crippen LogP contribution in [0.5, 0.6) is 11.6 Å². The molecule has 1 aliphatic heterocycles. The average Bonchev–Trinajstić information content (AvgIpc) is 3.43. The Morgan fingerprint density at radius 2 is 1.88 bits per heavy atom. The monoisotopic (exact) mass is 642 g/mol. The number of methoxy groups -OCH3 is 2. The highest BCUT2D eigenvalue weighted by molar-refractivity contribution is 6.00. The minimum absolute atomic E-state index is 0.00847. The molecule has 2 unspecified atom stereocenters. The van der Waals surface area contributed by atoms with E-state index in [1.807, 2.05) is 46.2 Å². The topological polar surface area (TPSA) is 118 Å². The van der Waals surface area contributed by atoms with Crippen molar-refractivity contribution in [1.29, 1.82) is 0 Å². The zero-order valence-electron chi connectivity index (χ0n) is 27.1. The standard InChI is InChI=1S/C37H38N8O3/c1-47-32-15-26(37(46)43-21-25-9-10-30(43)34(25)38)13-28-35(32)44(19-23-17-40-45(20-23)27-11-12-39-33(16-27)48-2)36(41-28)31-14-24-5-3-4-6-29(24)42(31)18-22-7-8-22/h3-6,11-17,20,22,25,30,34H,7-10,18-19,21,38H2,1-2H3/t25?,30?,34-/m1/s1. The third-order valence-electron chi connectivity index (χ3n) is 10.5. The first kappa shape index (κ1) is 29.0. The van der Waals surface area contributed by atoms with E-state index in [2.05, 4.69) is 49.5 Å². The van der Waals surface area contributed by atoms with E-state index in [0.29, 0.717) is 42.1 Å². The molecule has 11 nitrogen and oxygen atoms in total. The number of aromatic nitrogens is 6. The number of pyridine rings is 1. The van der Waals surface area contributed by atoms with Crippen LogP contribution in [0.25, 0.3) is 39.1 Å². The largest absolute Gasteiger partial charge is 0.494 e. The molecule has 1 saturated heterocycles. The van der Waals surface area contributed by atoms with Crippen molar-refractivity contribution in [1.82, 2.24) is 33.8 Å². The summed E-state index contributed by atoms with van der Waals surface area (Å²) in [6, 6.07) is 18.5. The lowest BCUT2D eigenvalue weighted by atomic mass is 10.1. The molecule has 0 spiro atoms. The molecule has 3 aliphatic rings. The van der Waals surface area contributed by atoms with Gasteiger partial charge in [0.1, 0.15) is 11.3 Å². The molecule has 2 N–H and O–H groups in total. The van der Waals surface area contributed by atoms with Gasteiger partial charge in [0.05, 0.1) is 43.9 Å².